The number of carbonyl (C=O) groups is 1. The maximum atomic E-state index is 12.5. The summed E-state index contributed by atoms with van der Waals surface area (Å²) in [6, 6.07) is 16.3. The topological polar surface area (TPSA) is 32.7 Å². The molecule has 25 heavy (non-hydrogen) atoms. The molecule has 3 nitrogen and oxygen atoms in total. The van der Waals surface area contributed by atoms with E-state index in [2.05, 4.69) is 43.1 Å². The van der Waals surface area contributed by atoms with Crippen molar-refractivity contribution in [3.05, 3.63) is 70.1 Å². The van der Waals surface area contributed by atoms with Crippen LogP contribution in [0.15, 0.2) is 58.4 Å². The number of benzene rings is 2. The molecule has 0 bridgehead atoms. The number of likely N-dealkylation sites (N-methyl/N-ethyl adjacent to an activating group) is 1. The van der Waals surface area contributed by atoms with E-state index in [9.17, 15) is 4.79 Å². The van der Waals surface area contributed by atoms with Crippen LogP contribution in [0, 0.1) is 6.92 Å². The third kappa shape index (κ3) is 4.02. The molecule has 0 aliphatic carbocycles. The lowest BCUT2D eigenvalue weighted by Gasteiger charge is -2.07. The van der Waals surface area contributed by atoms with E-state index in [1.165, 1.54) is 22.9 Å². The first kappa shape index (κ1) is 17.5. The maximum absolute atomic E-state index is 12.5. The van der Waals surface area contributed by atoms with E-state index in [1.54, 1.807) is 11.9 Å². The molecule has 0 spiro atoms. The molecule has 1 heterocycles. The highest BCUT2D eigenvalue weighted by molar-refractivity contribution is 8.18. The number of amides is 1. The third-order valence-electron chi connectivity index (χ3n) is 4.16. The van der Waals surface area contributed by atoms with Crippen molar-refractivity contribution >= 4 is 34.6 Å². The highest BCUT2D eigenvalue weighted by Crippen LogP contribution is 2.33. The molecule has 1 amide bonds. The summed E-state index contributed by atoms with van der Waals surface area (Å²) in [6.45, 7) is 6.39. The normalized spacial score (nSPS) is 18.0. The standard InChI is InChI=1S/C21H22N2OS/c1-14(2)17-9-7-16(8-10-17)13-19-20(24)23(4)21(25-19)22-18-11-5-15(3)6-12-18/h5-14H,1-4H3/b19-13-,22-21?. The molecule has 1 fully saturated rings. The molecule has 4 heteroatoms. The van der Waals surface area contributed by atoms with Crippen molar-refractivity contribution in [2.45, 2.75) is 26.7 Å². The molecule has 3 rings (SSSR count). The summed E-state index contributed by atoms with van der Waals surface area (Å²) in [4.78, 5) is 19.4. The monoisotopic (exact) mass is 350 g/mol. The zero-order valence-electron chi connectivity index (χ0n) is 15.0. The molecule has 1 aliphatic rings. The van der Waals surface area contributed by atoms with Gasteiger partial charge in [0.1, 0.15) is 0 Å². The fourth-order valence-corrected chi connectivity index (χ4v) is 3.50. The van der Waals surface area contributed by atoms with Crippen LogP contribution < -0.4 is 0 Å². The minimum Gasteiger partial charge on any atom is -0.290 e. The van der Waals surface area contributed by atoms with Crippen LogP contribution >= 0.6 is 11.8 Å². The lowest BCUT2D eigenvalue weighted by molar-refractivity contribution is -0.121. The first-order valence-corrected chi connectivity index (χ1v) is 9.18. The number of carbonyl (C=O) groups excluding carboxylic acids is 1. The van der Waals surface area contributed by atoms with Gasteiger partial charge < -0.3 is 0 Å². The molecule has 128 valence electrons. The van der Waals surface area contributed by atoms with Gasteiger partial charge in [0.2, 0.25) is 0 Å². The zero-order valence-corrected chi connectivity index (χ0v) is 15.8. The van der Waals surface area contributed by atoms with Crippen molar-refractivity contribution in [3.63, 3.8) is 0 Å². The molecule has 2 aromatic rings. The van der Waals surface area contributed by atoms with Crippen LogP contribution in [0.25, 0.3) is 6.08 Å². The lowest BCUT2D eigenvalue weighted by Crippen LogP contribution is -2.23. The van der Waals surface area contributed by atoms with E-state index in [-0.39, 0.29) is 5.91 Å². The lowest BCUT2D eigenvalue weighted by atomic mass is 10.0. The molecule has 1 saturated heterocycles. The largest absolute Gasteiger partial charge is 0.290 e. The Kier molecular flexibility index (Phi) is 5.09. The van der Waals surface area contributed by atoms with E-state index in [1.807, 2.05) is 37.3 Å². The predicted molar refractivity (Wildman–Crippen MR) is 107 cm³/mol. The second-order valence-corrected chi connectivity index (χ2v) is 7.54. The number of amidine groups is 1. The molecule has 0 N–H and O–H groups in total. The van der Waals surface area contributed by atoms with Gasteiger partial charge in [-0.3, -0.25) is 9.69 Å². The Balaban J connectivity index is 1.84. The predicted octanol–water partition coefficient (Wildman–Crippen LogP) is 5.35. The van der Waals surface area contributed by atoms with E-state index >= 15 is 0 Å². The molecule has 0 atom stereocenters. The van der Waals surface area contributed by atoms with E-state index in [0.29, 0.717) is 16.0 Å². The Labute approximate surface area is 153 Å². The Bertz CT molecular complexity index is 833. The molecule has 0 saturated carbocycles. The van der Waals surface area contributed by atoms with Crippen molar-refractivity contribution in [2.24, 2.45) is 4.99 Å². The summed E-state index contributed by atoms with van der Waals surface area (Å²) in [5, 5.41) is 0.707. The highest BCUT2D eigenvalue weighted by atomic mass is 32.2. The molecule has 0 radical (unpaired) electrons. The number of rotatable bonds is 3. The van der Waals surface area contributed by atoms with Crippen LogP contribution in [0.4, 0.5) is 5.69 Å². The molecule has 2 aromatic carbocycles. The summed E-state index contributed by atoms with van der Waals surface area (Å²) in [5.41, 5.74) is 4.38. The van der Waals surface area contributed by atoms with Gasteiger partial charge in [0.05, 0.1) is 10.6 Å². The minimum atomic E-state index is -0.0104. The zero-order chi connectivity index (χ0) is 18.0. The molecular formula is C21H22N2OS. The van der Waals surface area contributed by atoms with Gasteiger partial charge in [-0.15, -0.1) is 0 Å². The van der Waals surface area contributed by atoms with Gasteiger partial charge in [0.25, 0.3) is 5.91 Å². The Morgan fingerprint density at radius 2 is 1.68 bits per heavy atom. The Hall–Kier alpha value is -2.33. The van der Waals surface area contributed by atoms with Crippen molar-refractivity contribution < 1.29 is 4.79 Å². The van der Waals surface area contributed by atoms with Gasteiger partial charge in [-0.2, -0.15) is 0 Å². The van der Waals surface area contributed by atoms with Crippen LogP contribution in [0.1, 0.15) is 36.5 Å². The Morgan fingerprint density at radius 1 is 1.04 bits per heavy atom. The maximum Gasteiger partial charge on any atom is 0.266 e. The van der Waals surface area contributed by atoms with Crippen LogP contribution in [-0.2, 0) is 4.79 Å². The fourth-order valence-electron chi connectivity index (χ4n) is 2.51. The average molecular weight is 350 g/mol. The SMILES string of the molecule is Cc1ccc(N=C2S/C(=C\c3ccc(C(C)C)cc3)C(=O)N2C)cc1. The van der Waals surface area contributed by atoms with Gasteiger partial charge in [-0.05, 0) is 53.9 Å². The number of nitrogens with zero attached hydrogens (tertiary/aromatic N) is 2. The van der Waals surface area contributed by atoms with Gasteiger partial charge in [-0.25, -0.2) is 4.99 Å². The highest BCUT2D eigenvalue weighted by Gasteiger charge is 2.30. The van der Waals surface area contributed by atoms with E-state index in [0.717, 1.165) is 11.3 Å². The van der Waals surface area contributed by atoms with Crippen LogP contribution in [0.3, 0.4) is 0 Å². The number of aliphatic imine (C=N–C) groups is 1. The van der Waals surface area contributed by atoms with Gasteiger partial charge >= 0.3 is 0 Å². The van der Waals surface area contributed by atoms with Gasteiger partial charge in [-0.1, -0.05) is 55.8 Å². The number of hydrogen-bond donors (Lipinski definition) is 0. The Morgan fingerprint density at radius 3 is 2.28 bits per heavy atom. The first-order chi connectivity index (χ1) is 11.9. The second kappa shape index (κ2) is 7.28. The summed E-state index contributed by atoms with van der Waals surface area (Å²) >= 11 is 1.42. The molecule has 1 aliphatic heterocycles. The quantitative estimate of drug-likeness (QED) is 0.699. The van der Waals surface area contributed by atoms with Gasteiger partial charge in [0, 0.05) is 7.05 Å². The summed E-state index contributed by atoms with van der Waals surface area (Å²) in [5.74, 6) is 0.493. The smallest absolute Gasteiger partial charge is 0.266 e. The van der Waals surface area contributed by atoms with Gasteiger partial charge in [0.15, 0.2) is 5.17 Å². The first-order valence-electron chi connectivity index (χ1n) is 8.37. The number of hydrogen-bond acceptors (Lipinski definition) is 3. The van der Waals surface area contributed by atoms with E-state index in [4.69, 9.17) is 0 Å². The van der Waals surface area contributed by atoms with E-state index < -0.39 is 0 Å². The summed E-state index contributed by atoms with van der Waals surface area (Å²) in [7, 11) is 1.77. The van der Waals surface area contributed by atoms with Crippen molar-refractivity contribution in [3.8, 4) is 0 Å². The summed E-state index contributed by atoms with van der Waals surface area (Å²) < 4.78 is 0. The molecule has 0 unspecified atom stereocenters. The molecule has 0 aromatic heterocycles. The van der Waals surface area contributed by atoms with Crippen LogP contribution in [0.2, 0.25) is 0 Å². The molecular weight excluding hydrogens is 328 g/mol. The van der Waals surface area contributed by atoms with Crippen molar-refractivity contribution in [1.82, 2.24) is 4.90 Å². The van der Waals surface area contributed by atoms with Crippen molar-refractivity contribution in [1.29, 1.82) is 0 Å². The summed E-state index contributed by atoms with van der Waals surface area (Å²) in [6.07, 6.45) is 1.94. The number of aryl methyl sites for hydroxylation is 1. The van der Waals surface area contributed by atoms with Crippen molar-refractivity contribution in [2.75, 3.05) is 7.05 Å². The second-order valence-electron chi connectivity index (χ2n) is 6.53. The number of thioether (sulfide) groups is 1. The van der Waals surface area contributed by atoms with Crippen LogP contribution in [0.5, 0.6) is 0 Å². The third-order valence-corrected chi connectivity index (χ3v) is 5.22. The minimum absolute atomic E-state index is 0.0104. The average Bonchev–Trinajstić information content (AvgIpc) is 2.85. The fraction of sp³-hybridized carbons (Fsp3) is 0.238. The van der Waals surface area contributed by atoms with Crippen LogP contribution in [-0.4, -0.2) is 23.0 Å².